The van der Waals surface area contributed by atoms with Gasteiger partial charge in [-0.1, -0.05) is 0 Å². The zero-order chi connectivity index (χ0) is 12.5. The first-order valence-electron chi connectivity index (χ1n) is 4.69. The Kier molecular flexibility index (Phi) is 3.88. The van der Waals surface area contributed by atoms with Crippen molar-refractivity contribution in [3.63, 3.8) is 0 Å². The minimum atomic E-state index is -4.37. The molecule has 6 N–H and O–H groups in total. The van der Waals surface area contributed by atoms with Gasteiger partial charge >= 0.3 is 7.60 Å². The number of carbonyl (C=O) groups is 1. The molecular formula is C8H15N2O5P. The van der Waals surface area contributed by atoms with Gasteiger partial charge in [0.2, 0.25) is 5.91 Å². The molecule has 3 atom stereocenters. The smallest absolute Gasteiger partial charge is 0.352 e. The summed E-state index contributed by atoms with van der Waals surface area (Å²) in [7, 11) is -4.37. The Balaban J connectivity index is 2.88. The summed E-state index contributed by atoms with van der Waals surface area (Å²) < 4.78 is 11.0. The summed E-state index contributed by atoms with van der Waals surface area (Å²) >= 11 is 0. The van der Waals surface area contributed by atoms with E-state index in [1.54, 1.807) is 0 Å². The summed E-state index contributed by atoms with van der Waals surface area (Å²) in [5, 5.41) is 11.9. The summed E-state index contributed by atoms with van der Waals surface area (Å²) in [5.41, 5.74) is 5.65. The fourth-order valence-corrected chi connectivity index (χ4v) is 2.43. The lowest BCUT2D eigenvalue weighted by Crippen LogP contribution is -2.55. The van der Waals surface area contributed by atoms with E-state index in [0.717, 1.165) is 6.08 Å². The highest BCUT2D eigenvalue weighted by Crippen LogP contribution is 2.48. The predicted octanol–water partition coefficient (Wildman–Crippen LogP) is -1.36. The van der Waals surface area contributed by atoms with Crippen molar-refractivity contribution in [2.24, 2.45) is 5.73 Å². The summed E-state index contributed by atoms with van der Waals surface area (Å²) in [5.74, 6) is -0.354. The minimum absolute atomic E-state index is 0.0493. The van der Waals surface area contributed by atoms with Gasteiger partial charge in [0.1, 0.15) is 0 Å². The molecule has 7 nitrogen and oxygen atoms in total. The second-order valence-electron chi connectivity index (χ2n) is 3.79. The van der Waals surface area contributed by atoms with Crippen LogP contribution in [0.15, 0.2) is 11.4 Å². The first-order chi connectivity index (χ1) is 7.21. The monoisotopic (exact) mass is 250 g/mol. The van der Waals surface area contributed by atoms with E-state index in [2.05, 4.69) is 5.32 Å². The Morgan fingerprint density at radius 2 is 2.19 bits per heavy atom. The molecule has 1 aliphatic carbocycles. The van der Waals surface area contributed by atoms with Crippen molar-refractivity contribution < 1.29 is 24.3 Å². The van der Waals surface area contributed by atoms with Crippen LogP contribution in [0.25, 0.3) is 0 Å². The third kappa shape index (κ3) is 3.13. The average molecular weight is 250 g/mol. The first-order valence-corrected chi connectivity index (χ1v) is 6.30. The Morgan fingerprint density at radius 1 is 1.62 bits per heavy atom. The molecule has 0 radical (unpaired) electrons. The van der Waals surface area contributed by atoms with Gasteiger partial charge < -0.3 is 25.9 Å². The molecule has 1 rings (SSSR count). The van der Waals surface area contributed by atoms with Crippen molar-refractivity contribution >= 4 is 13.5 Å². The third-order valence-electron chi connectivity index (χ3n) is 2.38. The van der Waals surface area contributed by atoms with Crippen LogP contribution < -0.4 is 11.1 Å². The second kappa shape index (κ2) is 4.65. The molecule has 0 saturated carbocycles. The summed E-state index contributed by atoms with van der Waals surface area (Å²) in [6.07, 6.45) is -0.174. The molecule has 0 aromatic carbocycles. The number of nitrogens with one attached hydrogen (secondary N) is 1. The van der Waals surface area contributed by atoms with Crippen molar-refractivity contribution in [3.8, 4) is 0 Å². The van der Waals surface area contributed by atoms with Crippen LogP contribution in [-0.2, 0) is 9.36 Å². The summed E-state index contributed by atoms with van der Waals surface area (Å²) in [6.45, 7) is 1.28. The maximum atomic E-state index is 11.0. The molecule has 0 bridgehead atoms. The van der Waals surface area contributed by atoms with Crippen molar-refractivity contribution in [3.05, 3.63) is 11.4 Å². The Bertz CT molecular complexity index is 363. The molecule has 0 saturated heterocycles. The SMILES string of the molecule is CC(=O)N[C@H]1[C@H](O)C=C(P(=O)(O)O)C[C@@H]1N. The number of amides is 1. The molecule has 0 aromatic rings. The molecule has 0 unspecified atom stereocenters. The van der Waals surface area contributed by atoms with Crippen LogP contribution >= 0.6 is 7.60 Å². The van der Waals surface area contributed by atoms with Crippen LogP contribution in [-0.4, -0.2) is 39.0 Å². The largest absolute Gasteiger partial charge is 0.387 e. The normalized spacial score (nSPS) is 30.8. The number of aliphatic hydroxyl groups excluding tert-OH is 1. The average Bonchev–Trinajstić information content (AvgIpc) is 2.09. The predicted molar refractivity (Wildman–Crippen MR) is 56.3 cm³/mol. The molecule has 0 aromatic heterocycles. The zero-order valence-electron chi connectivity index (χ0n) is 8.70. The van der Waals surface area contributed by atoms with E-state index < -0.39 is 25.8 Å². The highest BCUT2D eigenvalue weighted by Gasteiger charge is 2.35. The fourth-order valence-electron chi connectivity index (χ4n) is 1.63. The molecule has 0 heterocycles. The molecule has 1 aliphatic rings. The molecule has 0 aliphatic heterocycles. The number of rotatable bonds is 2. The van der Waals surface area contributed by atoms with Crippen LogP contribution in [0.2, 0.25) is 0 Å². The quantitative estimate of drug-likeness (QED) is 0.384. The lowest BCUT2D eigenvalue weighted by Gasteiger charge is -2.32. The van der Waals surface area contributed by atoms with E-state index in [1.165, 1.54) is 6.92 Å². The highest BCUT2D eigenvalue weighted by atomic mass is 31.2. The Hall–Kier alpha value is -0.720. The van der Waals surface area contributed by atoms with Crippen molar-refractivity contribution in [1.29, 1.82) is 0 Å². The molecule has 16 heavy (non-hydrogen) atoms. The van der Waals surface area contributed by atoms with Crippen LogP contribution in [0.4, 0.5) is 0 Å². The van der Waals surface area contributed by atoms with Crippen LogP contribution in [0.1, 0.15) is 13.3 Å². The molecule has 1 amide bonds. The van der Waals surface area contributed by atoms with E-state index in [-0.39, 0.29) is 17.6 Å². The number of hydrogen-bond acceptors (Lipinski definition) is 4. The van der Waals surface area contributed by atoms with Gasteiger partial charge in [-0.25, -0.2) is 0 Å². The van der Waals surface area contributed by atoms with Gasteiger partial charge in [-0.05, 0) is 12.5 Å². The van der Waals surface area contributed by atoms with E-state index >= 15 is 0 Å². The lowest BCUT2D eigenvalue weighted by molar-refractivity contribution is -0.120. The standard InChI is InChI=1S/C8H15N2O5P/c1-4(11)10-8-6(9)2-5(3-7(8)12)16(13,14)15/h3,6-8,12H,2,9H2,1H3,(H,10,11)(H2,13,14,15)/t6-,7+,8+/m0/s1. The van der Waals surface area contributed by atoms with Gasteiger partial charge in [-0.15, -0.1) is 0 Å². The lowest BCUT2D eigenvalue weighted by atomic mass is 9.94. The van der Waals surface area contributed by atoms with Gasteiger partial charge in [0.25, 0.3) is 0 Å². The minimum Gasteiger partial charge on any atom is -0.387 e. The second-order valence-corrected chi connectivity index (χ2v) is 5.45. The van der Waals surface area contributed by atoms with Gasteiger partial charge in [0.15, 0.2) is 0 Å². The maximum absolute atomic E-state index is 11.0. The molecule has 8 heteroatoms. The van der Waals surface area contributed by atoms with E-state index in [1.807, 2.05) is 0 Å². The highest BCUT2D eigenvalue weighted by molar-refractivity contribution is 7.56. The molecule has 0 fully saturated rings. The van der Waals surface area contributed by atoms with Gasteiger partial charge in [0, 0.05) is 18.3 Å². The van der Waals surface area contributed by atoms with Crippen molar-refractivity contribution in [2.75, 3.05) is 0 Å². The Morgan fingerprint density at radius 3 is 2.56 bits per heavy atom. The molecule has 92 valence electrons. The van der Waals surface area contributed by atoms with Crippen molar-refractivity contribution in [2.45, 2.75) is 31.5 Å². The van der Waals surface area contributed by atoms with Gasteiger partial charge in [0.05, 0.1) is 12.1 Å². The number of carbonyl (C=O) groups excluding carboxylic acids is 1. The van der Waals surface area contributed by atoms with Gasteiger partial charge in [-0.3, -0.25) is 9.36 Å². The zero-order valence-corrected chi connectivity index (χ0v) is 9.59. The third-order valence-corrected chi connectivity index (χ3v) is 3.46. The Labute approximate surface area is 92.5 Å². The summed E-state index contributed by atoms with van der Waals surface area (Å²) in [4.78, 5) is 28.7. The number of aliphatic hydroxyl groups is 1. The maximum Gasteiger partial charge on any atom is 0.352 e. The first kappa shape index (κ1) is 13.3. The topological polar surface area (TPSA) is 133 Å². The number of nitrogens with two attached hydrogens (primary N) is 1. The van der Waals surface area contributed by atoms with E-state index in [9.17, 15) is 14.5 Å². The van der Waals surface area contributed by atoms with Crippen LogP contribution in [0.3, 0.4) is 0 Å². The van der Waals surface area contributed by atoms with Gasteiger partial charge in [-0.2, -0.15) is 0 Å². The summed E-state index contributed by atoms with van der Waals surface area (Å²) in [6, 6.07) is -1.43. The molecule has 0 spiro atoms. The van der Waals surface area contributed by atoms with E-state index in [4.69, 9.17) is 15.5 Å². The number of hydrogen-bond donors (Lipinski definition) is 5. The molecular weight excluding hydrogens is 235 g/mol. The van der Waals surface area contributed by atoms with Crippen molar-refractivity contribution in [1.82, 2.24) is 5.32 Å². The fraction of sp³-hybridized carbons (Fsp3) is 0.625. The van der Waals surface area contributed by atoms with Crippen LogP contribution in [0.5, 0.6) is 0 Å². The van der Waals surface area contributed by atoms with E-state index in [0.29, 0.717) is 0 Å². The van der Waals surface area contributed by atoms with Crippen LogP contribution in [0, 0.1) is 0 Å².